The molecule has 114 valence electrons. The summed E-state index contributed by atoms with van der Waals surface area (Å²) in [5.74, 6) is 1.06. The topological polar surface area (TPSA) is 21.3 Å². The second-order valence-electron chi connectivity index (χ2n) is 4.26. The van der Waals surface area contributed by atoms with E-state index in [1.54, 1.807) is 7.11 Å². The maximum Gasteiger partial charge on any atom is 0.119 e. The van der Waals surface area contributed by atoms with Crippen LogP contribution in [0, 0.1) is 0 Å². The number of nitrogens with one attached hydrogen (secondary N) is 1. The van der Waals surface area contributed by atoms with Crippen molar-refractivity contribution in [1.29, 1.82) is 0 Å². The first-order valence-electron chi connectivity index (χ1n) is 7.06. The third-order valence-electron chi connectivity index (χ3n) is 2.89. The van der Waals surface area contributed by atoms with E-state index in [0.717, 1.165) is 17.3 Å². The predicted molar refractivity (Wildman–Crippen MR) is 95.1 cm³/mol. The Morgan fingerprint density at radius 2 is 1.81 bits per heavy atom. The van der Waals surface area contributed by atoms with Crippen LogP contribution >= 0.6 is 20.8 Å². The summed E-state index contributed by atoms with van der Waals surface area (Å²) in [4.78, 5) is 0. The molecule has 0 bridgehead atoms. The zero-order valence-corrected chi connectivity index (χ0v) is 14.7. The Balaban J connectivity index is 0.00000106. The van der Waals surface area contributed by atoms with Gasteiger partial charge in [0.1, 0.15) is 5.75 Å². The van der Waals surface area contributed by atoms with Crippen molar-refractivity contribution in [3.63, 3.8) is 0 Å². The summed E-state index contributed by atoms with van der Waals surface area (Å²) in [5, 5.41) is 4.21. The molecule has 0 fully saturated rings. The van der Waals surface area contributed by atoms with Crippen molar-refractivity contribution in [2.24, 2.45) is 0 Å². The lowest BCUT2D eigenvalue weighted by Crippen LogP contribution is -2.15. The number of hydrogen-bond donors (Lipinski definition) is 1. The van der Waals surface area contributed by atoms with Gasteiger partial charge in [-0.15, -0.1) is 9.24 Å². The fourth-order valence-corrected chi connectivity index (χ4v) is 2.23. The highest BCUT2D eigenvalue weighted by Crippen LogP contribution is 2.24. The molecule has 0 spiro atoms. The minimum atomic E-state index is 0.186. The van der Waals surface area contributed by atoms with Gasteiger partial charge in [-0.1, -0.05) is 49.7 Å². The zero-order chi connectivity index (χ0) is 15.7. The van der Waals surface area contributed by atoms with Crippen LogP contribution in [0.25, 0.3) is 0 Å². The average molecular weight is 324 g/mol. The molecule has 2 rings (SSSR count). The number of methoxy groups -OCH3 is 1. The van der Waals surface area contributed by atoms with Crippen molar-refractivity contribution >= 4 is 20.8 Å². The average Bonchev–Trinajstić information content (AvgIpc) is 2.56. The Morgan fingerprint density at radius 1 is 1.14 bits per heavy atom. The molecule has 0 radical (unpaired) electrons. The van der Waals surface area contributed by atoms with Crippen LogP contribution in [-0.2, 0) is 6.54 Å². The largest absolute Gasteiger partial charge is 0.497 e. The highest BCUT2D eigenvalue weighted by atomic mass is 35.5. The maximum atomic E-state index is 5.87. The molecule has 0 amide bonds. The van der Waals surface area contributed by atoms with Crippen LogP contribution in [0.4, 0.5) is 0 Å². The Hall–Kier alpha value is -1.08. The first-order chi connectivity index (χ1) is 10.2. The second kappa shape index (κ2) is 9.78. The number of hydrogen-bond acceptors (Lipinski definition) is 2. The van der Waals surface area contributed by atoms with Gasteiger partial charge in [-0.05, 0) is 35.4 Å². The molecule has 0 aliphatic carbocycles. The first kappa shape index (κ1) is 18.0. The summed E-state index contributed by atoms with van der Waals surface area (Å²) in [7, 11) is 4.48. The SMILES string of the molecule is CC.COc1cccc(C(P)NCc2ccc(Cl)cc2)c1. The Kier molecular flexibility index (Phi) is 8.37. The lowest BCUT2D eigenvalue weighted by molar-refractivity contribution is 0.414. The number of benzene rings is 2. The van der Waals surface area contributed by atoms with E-state index in [0.29, 0.717) is 0 Å². The monoisotopic (exact) mass is 323 g/mol. The third-order valence-corrected chi connectivity index (χ3v) is 3.76. The summed E-state index contributed by atoms with van der Waals surface area (Å²) in [6, 6.07) is 15.9. The van der Waals surface area contributed by atoms with E-state index in [1.165, 1.54) is 11.1 Å². The van der Waals surface area contributed by atoms with Crippen LogP contribution in [0.1, 0.15) is 30.8 Å². The maximum absolute atomic E-state index is 5.87. The quantitative estimate of drug-likeness (QED) is 0.778. The van der Waals surface area contributed by atoms with E-state index >= 15 is 0 Å². The van der Waals surface area contributed by atoms with E-state index in [9.17, 15) is 0 Å². The van der Waals surface area contributed by atoms with Gasteiger partial charge in [-0.3, -0.25) is 0 Å². The molecule has 2 atom stereocenters. The molecular weight excluding hydrogens is 301 g/mol. The van der Waals surface area contributed by atoms with Crippen LogP contribution in [0.2, 0.25) is 5.02 Å². The normalized spacial score (nSPS) is 11.3. The van der Waals surface area contributed by atoms with Crippen molar-refractivity contribution < 1.29 is 4.74 Å². The van der Waals surface area contributed by atoms with Crippen LogP contribution in [-0.4, -0.2) is 7.11 Å². The van der Waals surface area contributed by atoms with E-state index in [1.807, 2.05) is 56.3 Å². The first-order valence-corrected chi connectivity index (χ1v) is 8.11. The number of ether oxygens (including phenoxy) is 1. The molecule has 4 heteroatoms. The minimum absolute atomic E-state index is 0.186. The molecule has 0 aliphatic heterocycles. The van der Waals surface area contributed by atoms with Crippen molar-refractivity contribution in [3.05, 3.63) is 64.7 Å². The highest BCUT2D eigenvalue weighted by molar-refractivity contribution is 7.17. The van der Waals surface area contributed by atoms with Crippen molar-refractivity contribution in [3.8, 4) is 5.75 Å². The smallest absolute Gasteiger partial charge is 0.119 e. The van der Waals surface area contributed by atoms with Gasteiger partial charge in [0.25, 0.3) is 0 Å². The van der Waals surface area contributed by atoms with Gasteiger partial charge in [0.2, 0.25) is 0 Å². The van der Waals surface area contributed by atoms with E-state index in [-0.39, 0.29) is 5.78 Å². The lowest BCUT2D eigenvalue weighted by atomic mass is 10.2. The zero-order valence-electron chi connectivity index (χ0n) is 12.8. The summed E-state index contributed by atoms with van der Waals surface area (Å²) >= 11 is 5.87. The molecule has 0 aromatic heterocycles. The van der Waals surface area contributed by atoms with Crippen molar-refractivity contribution in [1.82, 2.24) is 5.32 Å². The van der Waals surface area contributed by atoms with Gasteiger partial charge in [0.05, 0.1) is 7.11 Å². The van der Waals surface area contributed by atoms with Crippen molar-refractivity contribution in [2.75, 3.05) is 7.11 Å². The van der Waals surface area contributed by atoms with Gasteiger partial charge in [0.15, 0.2) is 0 Å². The standard InChI is InChI=1S/C15H17ClNOP.C2H6/c1-18-14-4-2-3-12(9-14)15(19)17-10-11-5-7-13(16)8-6-11;1-2/h2-9,15,17H,10,19H2,1H3;1-2H3. The predicted octanol–water partition coefficient (Wildman–Crippen LogP) is 5.04. The van der Waals surface area contributed by atoms with E-state index < -0.39 is 0 Å². The molecule has 0 heterocycles. The summed E-state index contributed by atoms with van der Waals surface area (Å²) in [5.41, 5.74) is 2.39. The fraction of sp³-hybridized carbons (Fsp3) is 0.294. The molecule has 2 aromatic rings. The van der Waals surface area contributed by atoms with E-state index in [4.69, 9.17) is 16.3 Å². The van der Waals surface area contributed by atoms with Crippen LogP contribution < -0.4 is 10.1 Å². The molecule has 0 saturated carbocycles. The molecule has 21 heavy (non-hydrogen) atoms. The summed E-state index contributed by atoms with van der Waals surface area (Å²) in [6.45, 7) is 4.79. The minimum Gasteiger partial charge on any atom is -0.497 e. The Labute approximate surface area is 135 Å². The second-order valence-corrected chi connectivity index (χ2v) is 5.36. The molecule has 0 aliphatic rings. The van der Waals surface area contributed by atoms with Crippen LogP contribution in [0.3, 0.4) is 0 Å². The van der Waals surface area contributed by atoms with Crippen molar-refractivity contribution in [2.45, 2.75) is 26.2 Å². The lowest BCUT2D eigenvalue weighted by Gasteiger charge is -2.15. The Morgan fingerprint density at radius 3 is 2.43 bits per heavy atom. The van der Waals surface area contributed by atoms with Crippen LogP contribution in [0.5, 0.6) is 5.75 Å². The highest BCUT2D eigenvalue weighted by Gasteiger charge is 2.06. The third kappa shape index (κ3) is 6.05. The molecule has 0 saturated heterocycles. The number of rotatable bonds is 5. The van der Waals surface area contributed by atoms with Crippen LogP contribution in [0.15, 0.2) is 48.5 Å². The molecule has 2 aromatic carbocycles. The van der Waals surface area contributed by atoms with E-state index in [2.05, 4.69) is 20.6 Å². The van der Waals surface area contributed by atoms with Gasteiger partial charge >= 0.3 is 0 Å². The fourth-order valence-electron chi connectivity index (χ4n) is 1.78. The van der Waals surface area contributed by atoms with Gasteiger partial charge in [0, 0.05) is 17.4 Å². The van der Waals surface area contributed by atoms with Gasteiger partial charge in [-0.25, -0.2) is 0 Å². The number of halogens is 1. The molecule has 2 unspecified atom stereocenters. The molecule has 1 N–H and O–H groups in total. The summed E-state index contributed by atoms with van der Waals surface area (Å²) < 4.78 is 5.23. The van der Waals surface area contributed by atoms with Gasteiger partial charge < -0.3 is 10.1 Å². The molecular formula is C17H23ClNOP. The molecule has 2 nitrogen and oxygen atoms in total. The Bertz CT molecular complexity index is 531. The van der Waals surface area contributed by atoms with Gasteiger partial charge in [-0.2, -0.15) is 0 Å². The summed E-state index contributed by atoms with van der Waals surface area (Å²) in [6.07, 6.45) is 0.